The SMILES string of the molecule is CC1CC(O)(c2ccccn2)CCN1C. The predicted molar refractivity (Wildman–Crippen MR) is 59.5 cm³/mol. The smallest absolute Gasteiger partial charge is 0.109 e. The highest BCUT2D eigenvalue weighted by Crippen LogP contribution is 2.33. The zero-order valence-corrected chi connectivity index (χ0v) is 9.35. The Labute approximate surface area is 90.8 Å². The van der Waals surface area contributed by atoms with E-state index in [2.05, 4.69) is 23.9 Å². The van der Waals surface area contributed by atoms with Crippen molar-refractivity contribution in [1.82, 2.24) is 9.88 Å². The quantitative estimate of drug-likeness (QED) is 0.754. The van der Waals surface area contributed by atoms with E-state index in [0.29, 0.717) is 6.04 Å². The van der Waals surface area contributed by atoms with Gasteiger partial charge in [-0.15, -0.1) is 0 Å². The predicted octanol–water partition coefficient (Wildman–Crippen LogP) is 1.38. The van der Waals surface area contributed by atoms with Crippen molar-refractivity contribution in [1.29, 1.82) is 0 Å². The lowest BCUT2D eigenvalue weighted by atomic mass is 9.84. The molecule has 1 fully saturated rings. The molecule has 82 valence electrons. The van der Waals surface area contributed by atoms with Crippen LogP contribution in [0.2, 0.25) is 0 Å². The van der Waals surface area contributed by atoms with Gasteiger partial charge in [0.05, 0.1) is 5.69 Å². The number of nitrogens with zero attached hydrogens (tertiary/aromatic N) is 2. The summed E-state index contributed by atoms with van der Waals surface area (Å²) in [7, 11) is 2.10. The van der Waals surface area contributed by atoms with Crippen molar-refractivity contribution in [3.8, 4) is 0 Å². The van der Waals surface area contributed by atoms with Crippen LogP contribution < -0.4 is 0 Å². The van der Waals surface area contributed by atoms with Crippen LogP contribution in [0, 0.1) is 0 Å². The van der Waals surface area contributed by atoms with Crippen LogP contribution in [-0.4, -0.2) is 34.6 Å². The minimum Gasteiger partial charge on any atom is -0.383 e. The first kappa shape index (κ1) is 10.6. The molecule has 0 radical (unpaired) electrons. The molecule has 1 N–H and O–H groups in total. The van der Waals surface area contributed by atoms with Crippen LogP contribution in [0.5, 0.6) is 0 Å². The van der Waals surface area contributed by atoms with Crippen molar-refractivity contribution in [2.75, 3.05) is 13.6 Å². The van der Waals surface area contributed by atoms with E-state index < -0.39 is 5.60 Å². The summed E-state index contributed by atoms with van der Waals surface area (Å²) in [5, 5.41) is 10.5. The Balaban J connectivity index is 2.21. The monoisotopic (exact) mass is 206 g/mol. The lowest BCUT2D eigenvalue weighted by Crippen LogP contribution is -2.46. The number of piperidine rings is 1. The molecule has 1 aromatic heterocycles. The summed E-state index contributed by atoms with van der Waals surface area (Å²) in [5.74, 6) is 0. The van der Waals surface area contributed by atoms with Crippen LogP contribution in [0.1, 0.15) is 25.5 Å². The molecule has 0 saturated carbocycles. The van der Waals surface area contributed by atoms with E-state index in [1.165, 1.54) is 0 Å². The zero-order chi connectivity index (χ0) is 10.9. The van der Waals surface area contributed by atoms with Gasteiger partial charge in [0.2, 0.25) is 0 Å². The number of aromatic nitrogens is 1. The average Bonchev–Trinajstić information content (AvgIpc) is 2.26. The third kappa shape index (κ3) is 2.03. The zero-order valence-electron chi connectivity index (χ0n) is 9.35. The van der Waals surface area contributed by atoms with Crippen LogP contribution in [0.15, 0.2) is 24.4 Å². The Hall–Kier alpha value is -0.930. The highest BCUT2D eigenvalue weighted by molar-refractivity contribution is 5.14. The molecule has 3 heteroatoms. The minimum absolute atomic E-state index is 0.408. The number of rotatable bonds is 1. The molecule has 0 aliphatic carbocycles. The maximum atomic E-state index is 10.5. The Bertz CT molecular complexity index is 328. The largest absolute Gasteiger partial charge is 0.383 e. The number of hydrogen-bond donors (Lipinski definition) is 1. The summed E-state index contributed by atoms with van der Waals surface area (Å²) in [4.78, 5) is 6.54. The molecule has 2 unspecified atom stereocenters. The van der Waals surface area contributed by atoms with Crippen molar-refractivity contribution >= 4 is 0 Å². The van der Waals surface area contributed by atoms with Gasteiger partial charge in [0.15, 0.2) is 0 Å². The van der Waals surface area contributed by atoms with E-state index in [1.807, 2.05) is 18.2 Å². The number of pyridine rings is 1. The van der Waals surface area contributed by atoms with E-state index in [-0.39, 0.29) is 0 Å². The number of aliphatic hydroxyl groups is 1. The van der Waals surface area contributed by atoms with Gasteiger partial charge in [-0.3, -0.25) is 4.98 Å². The van der Waals surface area contributed by atoms with E-state index in [1.54, 1.807) is 6.20 Å². The Kier molecular flexibility index (Phi) is 2.76. The molecule has 0 aromatic carbocycles. The molecular formula is C12H18N2O. The van der Waals surface area contributed by atoms with Gasteiger partial charge < -0.3 is 10.0 Å². The van der Waals surface area contributed by atoms with Crippen molar-refractivity contribution in [2.45, 2.75) is 31.4 Å². The molecule has 0 spiro atoms. The summed E-state index contributed by atoms with van der Waals surface area (Å²) < 4.78 is 0. The van der Waals surface area contributed by atoms with Gasteiger partial charge in [0, 0.05) is 18.8 Å². The normalized spacial score (nSPS) is 32.9. The minimum atomic E-state index is -0.729. The van der Waals surface area contributed by atoms with Crippen LogP contribution in [0.3, 0.4) is 0 Å². The van der Waals surface area contributed by atoms with Gasteiger partial charge in [-0.25, -0.2) is 0 Å². The standard InChI is InChI=1S/C12H18N2O/c1-10-9-12(15,6-8-14(10)2)11-5-3-4-7-13-11/h3-5,7,10,15H,6,8-9H2,1-2H3. The Morgan fingerprint density at radius 3 is 2.93 bits per heavy atom. The van der Waals surface area contributed by atoms with Gasteiger partial charge in [-0.05, 0) is 38.9 Å². The van der Waals surface area contributed by atoms with Crippen LogP contribution in [0.4, 0.5) is 0 Å². The third-order valence-electron chi connectivity index (χ3n) is 3.41. The molecule has 3 nitrogen and oxygen atoms in total. The first-order valence-electron chi connectivity index (χ1n) is 5.46. The van der Waals surface area contributed by atoms with Gasteiger partial charge in [-0.2, -0.15) is 0 Å². The van der Waals surface area contributed by atoms with E-state index in [4.69, 9.17) is 0 Å². The number of likely N-dealkylation sites (tertiary alicyclic amines) is 1. The van der Waals surface area contributed by atoms with E-state index in [0.717, 1.165) is 25.1 Å². The van der Waals surface area contributed by atoms with Gasteiger partial charge >= 0.3 is 0 Å². The summed E-state index contributed by atoms with van der Waals surface area (Å²) in [6, 6.07) is 6.14. The molecule has 2 rings (SSSR count). The molecule has 1 saturated heterocycles. The fourth-order valence-corrected chi connectivity index (χ4v) is 2.20. The third-order valence-corrected chi connectivity index (χ3v) is 3.41. The lowest BCUT2D eigenvalue weighted by molar-refractivity contribution is -0.0440. The summed E-state index contributed by atoms with van der Waals surface area (Å²) in [6.45, 7) is 3.07. The van der Waals surface area contributed by atoms with E-state index >= 15 is 0 Å². The van der Waals surface area contributed by atoms with Gasteiger partial charge in [0.25, 0.3) is 0 Å². The van der Waals surface area contributed by atoms with Gasteiger partial charge in [-0.1, -0.05) is 6.07 Å². The maximum absolute atomic E-state index is 10.5. The summed E-state index contributed by atoms with van der Waals surface area (Å²) in [6.07, 6.45) is 3.28. The molecule has 1 aromatic rings. The van der Waals surface area contributed by atoms with Crippen LogP contribution in [-0.2, 0) is 5.60 Å². The van der Waals surface area contributed by atoms with Crippen molar-refractivity contribution < 1.29 is 5.11 Å². The first-order chi connectivity index (χ1) is 7.12. The van der Waals surface area contributed by atoms with Crippen LogP contribution in [0.25, 0.3) is 0 Å². The van der Waals surface area contributed by atoms with Crippen LogP contribution >= 0.6 is 0 Å². The highest BCUT2D eigenvalue weighted by atomic mass is 16.3. The Morgan fingerprint density at radius 1 is 1.53 bits per heavy atom. The van der Waals surface area contributed by atoms with Crippen molar-refractivity contribution in [3.05, 3.63) is 30.1 Å². The fraction of sp³-hybridized carbons (Fsp3) is 0.583. The first-order valence-corrected chi connectivity index (χ1v) is 5.46. The maximum Gasteiger partial charge on any atom is 0.109 e. The van der Waals surface area contributed by atoms with Crippen molar-refractivity contribution in [3.63, 3.8) is 0 Å². The fourth-order valence-electron chi connectivity index (χ4n) is 2.20. The topological polar surface area (TPSA) is 36.4 Å². The lowest BCUT2D eigenvalue weighted by Gasteiger charge is -2.40. The average molecular weight is 206 g/mol. The number of hydrogen-bond acceptors (Lipinski definition) is 3. The molecule has 0 bridgehead atoms. The second-order valence-corrected chi connectivity index (χ2v) is 4.53. The summed E-state index contributed by atoms with van der Waals surface area (Å²) >= 11 is 0. The second-order valence-electron chi connectivity index (χ2n) is 4.53. The molecule has 15 heavy (non-hydrogen) atoms. The van der Waals surface area contributed by atoms with E-state index in [9.17, 15) is 5.11 Å². The molecule has 1 aliphatic heterocycles. The molecule has 2 atom stereocenters. The second kappa shape index (κ2) is 3.91. The molecule has 2 heterocycles. The Morgan fingerprint density at radius 2 is 2.33 bits per heavy atom. The van der Waals surface area contributed by atoms with Gasteiger partial charge in [0.1, 0.15) is 5.60 Å². The van der Waals surface area contributed by atoms with Crippen molar-refractivity contribution in [2.24, 2.45) is 0 Å². The molecule has 0 amide bonds. The highest BCUT2D eigenvalue weighted by Gasteiger charge is 2.37. The summed E-state index contributed by atoms with van der Waals surface area (Å²) in [5.41, 5.74) is 0.0812. The molecular weight excluding hydrogens is 188 g/mol. The molecule has 1 aliphatic rings.